The molecule has 3 aromatic carbocycles. The first-order chi connectivity index (χ1) is 14.2. The van der Waals surface area contributed by atoms with Gasteiger partial charge in [0.05, 0.1) is 7.11 Å². The summed E-state index contributed by atoms with van der Waals surface area (Å²) in [6.45, 7) is 2.62. The average molecular weight is 388 g/mol. The second kappa shape index (κ2) is 8.27. The number of rotatable bonds is 6. The monoisotopic (exact) mass is 388 g/mol. The number of nitrogens with zero attached hydrogens (tertiary/aromatic N) is 1. The first-order valence-electron chi connectivity index (χ1n) is 9.72. The predicted molar refractivity (Wildman–Crippen MR) is 115 cm³/mol. The smallest absolute Gasteiger partial charge is 0.249 e. The normalized spacial score (nSPS) is 13.5. The summed E-state index contributed by atoms with van der Waals surface area (Å²) in [5, 5.41) is 3.29. The molecule has 1 amide bonds. The largest absolute Gasteiger partial charge is 0.493 e. The maximum Gasteiger partial charge on any atom is 0.249 e. The molecule has 0 radical (unpaired) electrons. The molecule has 4 rings (SSSR count). The van der Waals surface area contributed by atoms with Gasteiger partial charge in [0.15, 0.2) is 11.5 Å². The molecule has 0 saturated heterocycles. The van der Waals surface area contributed by atoms with Crippen LogP contribution >= 0.6 is 0 Å². The zero-order valence-electron chi connectivity index (χ0n) is 16.6. The molecule has 0 unspecified atom stereocenters. The summed E-state index contributed by atoms with van der Waals surface area (Å²) in [4.78, 5) is 14.8. The van der Waals surface area contributed by atoms with Gasteiger partial charge in [-0.1, -0.05) is 30.3 Å². The van der Waals surface area contributed by atoms with Gasteiger partial charge in [0.2, 0.25) is 5.91 Å². The fourth-order valence-corrected chi connectivity index (χ4v) is 3.56. The summed E-state index contributed by atoms with van der Waals surface area (Å²) in [5.74, 6) is 2.11. The van der Waals surface area contributed by atoms with E-state index in [1.54, 1.807) is 7.11 Å². The summed E-state index contributed by atoms with van der Waals surface area (Å²) in [7, 11) is 1.62. The lowest BCUT2D eigenvalue weighted by Crippen LogP contribution is -2.40. The van der Waals surface area contributed by atoms with Crippen molar-refractivity contribution >= 4 is 17.3 Å². The number of carbonyl (C=O) groups is 1. The minimum absolute atomic E-state index is 0.0734. The van der Waals surface area contributed by atoms with Crippen molar-refractivity contribution in [3.63, 3.8) is 0 Å². The van der Waals surface area contributed by atoms with E-state index >= 15 is 0 Å². The summed E-state index contributed by atoms with van der Waals surface area (Å²) in [6.07, 6.45) is 0.906. The number of carbonyl (C=O) groups excluding carboxylic acids is 1. The van der Waals surface area contributed by atoms with Crippen LogP contribution in [0.3, 0.4) is 0 Å². The fourth-order valence-electron chi connectivity index (χ4n) is 3.56. The van der Waals surface area contributed by atoms with Crippen LogP contribution in [-0.4, -0.2) is 25.6 Å². The van der Waals surface area contributed by atoms with Crippen LogP contribution in [0.5, 0.6) is 17.2 Å². The lowest BCUT2D eigenvalue weighted by atomic mass is 10.2. The number of ether oxygens (including phenoxy) is 2. The molecule has 1 atom stereocenters. The maximum absolute atomic E-state index is 12.9. The maximum atomic E-state index is 12.9. The molecule has 0 aliphatic carbocycles. The van der Waals surface area contributed by atoms with Crippen molar-refractivity contribution in [1.82, 2.24) is 0 Å². The summed E-state index contributed by atoms with van der Waals surface area (Å²) < 4.78 is 11.2. The van der Waals surface area contributed by atoms with E-state index in [0.29, 0.717) is 17.2 Å². The topological polar surface area (TPSA) is 50.8 Å². The third-order valence-corrected chi connectivity index (χ3v) is 5.06. The number of anilines is 2. The average Bonchev–Trinajstić information content (AvgIpc) is 3.19. The quantitative estimate of drug-likeness (QED) is 0.654. The van der Waals surface area contributed by atoms with E-state index in [1.807, 2.05) is 78.6 Å². The molecule has 0 fully saturated rings. The Balaban J connectivity index is 1.40. The molecule has 1 N–H and O–H groups in total. The highest BCUT2D eigenvalue weighted by molar-refractivity contribution is 6.00. The highest BCUT2D eigenvalue weighted by Crippen LogP contribution is 2.32. The van der Waals surface area contributed by atoms with Crippen molar-refractivity contribution < 1.29 is 14.3 Å². The van der Waals surface area contributed by atoms with Gasteiger partial charge in [0.1, 0.15) is 11.8 Å². The molecule has 1 aliphatic heterocycles. The second-order valence-electron chi connectivity index (χ2n) is 7.01. The number of fused-ring (bicyclic) bond motifs is 1. The molecule has 3 aromatic rings. The van der Waals surface area contributed by atoms with Gasteiger partial charge < -0.3 is 19.7 Å². The SMILES string of the molecule is COc1ccccc1Oc1ccc(N[C@@H](C)C(=O)N2CCc3ccccc32)cc1. The van der Waals surface area contributed by atoms with E-state index in [1.165, 1.54) is 5.56 Å². The Bertz CT molecular complexity index is 1000. The Morgan fingerprint density at radius 1 is 0.966 bits per heavy atom. The van der Waals surface area contributed by atoms with Crippen molar-refractivity contribution in [1.29, 1.82) is 0 Å². The second-order valence-corrected chi connectivity index (χ2v) is 7.01. The molecular weight excluding hydrogens is 364 g/mol. The molecule has 0 aromatic heterocycles. The summed E-state index contributed by atoms with van der Waals surface area (Å²) >= 11 is 0. The molecule has 0 saturated carbocycles. The summed E-state index contributed by atoms with van der Waals surface area (Å²) in [5.41, 5.74) is 3.11. The minimum Gasteiger partial charge on any atom is -0.493 e. The molecule has 5 heteroatoms. The van der Waals surface area contributed by atoms with Crippen LogP contribution < -0.4 is 19.7 Å². The third-order valence-electron chi connectivity index (χ3n) is 5.06. The van der Waals surface area contributed by atoms with Crippen LogP contribution in [0.25, 0.3) is 0 Å². The third kappa shape index (κ3) is 4.04. The molecule has 5 nitrogen and oxygen atoms in total. The number of hydrogen-bond acceptors (Lipinski definition) is 4. The lowest BCUT2D eigenvalue weighted by Gasteiger charge is -2.23. The highest BCUT2D eigenvalue weighted by atomic mass is 16.5. The van der Waals surface area contributed by atoms with Crippen molar-refractivity contribution in [2.24, 2.45) is 0 Å². The number of amides is 1. The van der Waals surface area contributed by atoms with Gasteiger partial charge in [-0.05, 0) is 61.4 Å². The van der Waals surface area contributed by atoms with E-state index in [2.05, 4.69) is 11.4 Å². The Kier molecular flexibility index (Phi) is 5.38. The molecular formula is C24H24N2O3. The van der Waals surface area contributed by atoms with E-state index in [0.717, 1.165) is 24.3 Å². The Morgan fingerprint density at radius 3 is 2.41 bits per heavy atom. The Hall–Kier alpha value is -3.47. The first-order valence-corrected chi connectivity index (χ1v) is 9.72. The van der Waals surface area contributed by atoms with Crippen LogP contribution in [0.4, 0.5) is 11.4 Å². The molecule has 0 bridgehead atoms. The zero-order valence-corrected chi connectivity index (χ0v) is 16.6. The molecule has 1 heterocycles. The van der Waals surface area contributed by atoms with E-state index < -0.39 is 0 Å². The van der Waals surface area contributed by atoms with Crippen molar-refractivity contribution in [2.45, 2.75) is 19.4 Å². The molecule has 1 aliphatic rings. The lowest BCUT2D eigenvalue weighted by molar-refractivity contribution is -0.118. The Morgan fingerprint density at radius 2 is 1.66 bits per heavy atom. The number of para-hydroxylation sites is 3. The van der Waals surface area contributed by atoms with Gasteiger partial charge in [-0.25, -0.2) is 0 Å². The van der Waals surface area contributed by atoms with Crippen LogP contribution in [0, 0.1) is 0 Å². The van der Waals surface area contributed by atoms with Gasteiger partial charge >= 0.3 is 0 Å². The van der Waals surface area contributed by atoms with E-state index in [-0.39, 0.29) is 11.9 Å². The van der Waals surface area contributed by atoms with E-state index in [9.17, 15) is 4.79 Å². The van der Waals surface area contributed by atoms with Crippen molar-refractivity contribution in [3.05, 3.63) is 78.4 Å². The van der Waals surface area contributed by atoms with Crippen molar-refractivity contribution in [2.75, 3.05) is 23.9 Å². The molecule has 29 heavy (non-hydrogen) atoms. The van der Waals surface area contributed by atoms with Crippen LogP contribution in [0.15, 0.2) is 72.8 Å². The van der Waals surface area contributed by atoms with Gasteiger partial charge in [0, 0.05) is 17.9 Å². The molecule has 148 valence electrons. The predicted octanol–water partition coefficient (Wildman–Crippen LogP) is 4.88. The van der Waals surface area contributed by atoms with Crippen LogP contribution in [-0.2, 0) is 11.2 Å². The Labute approximate surface area is 170 Å². The standard InChI is InChI=1S/C24H24N2O3/c1-17(24(27)26-16-15-18-7-3-4-8-21(18)26)25-19-11-13-20(14-12-19)29-23-10-6-5-9-22(23)28-2/h3-14,17,25H,15-16H2,1-2H3/t17-/m0/s1. The highest BCUT2D eigenvalue weighted by Gasteiger charge is 2.27. The summed E-state index contributed by atoms with van der Waals surface area (Å²) in [6, 6.07) is 22.8. The first kappa shape index (κ1) is 18.9. The van der Waals surface area contributed by atoms with Gasteiger partial charge in [-0.15, -0.1) is 0 Å². The zero-order chi connectivity index (χ0) is 20.2. The number of hydrogen-bond donors (Lipinski definition) is 1. The van der Waals surface area contributed by atoms with Gasteiger partial charge in [0.25, 0.3) is 0 Å². The van der Waals surface area contributed by atoms with Crippen LogP contribution in [0.1, 0.15) is 12.5 Å². The van der Waals surface area contributed by atoms with Crippen molar-refractivity contribution in [3.8, 4) is 17.2 Å². The number of benzene rings is 3. The molecule has 0 spiro atoms. The number of methoxy groups -OCH3 is 1. The van der Waals surface area contributed by atoms with E-state index in [4.69, 9.17) is 9.47 Å². The number of nitrogens with one attached hydrogen (secondary N) is 1. The van der Waals surface area contributed by atoms with Gasteiger partial charge in [-0.3, -0.25) is 4.79 Å². The minimum atomic E-state index is -0.331. The fraction of sp³-hybridized carbons (Fsp3) is 0.208. The van der Waals surface area contributed by atoms with Crippen LogP contribution in [0.2, 0.25) is 0 Å². The van der Waals surface area contributed by atoms with Gasteiger partial charge in [-0.2, -0.15) is 0 Å².